The number of aryl methyl sites for hydroxylation is 2. The number of carboxylic acid groups (broad SMARTS) is 1. The number of hydrogen-bond acceptors (Lipinski definition) is 2. The molecule has 0 aliphatic heterocycles. The van der Waals surface area contributed by atoms with Gasteiger partial charge in [0.05, 0.1) is 12.2 Å². The molecule has 0 atom stereocenters. The van der Waals surface area contributed by atoms with Crippen LogP contribution in [0.2, 0.25) is 5.02 Å². The molecule has 0 bridgehead atoms. The third-order valence-corrected chi connectivity index (χ3v) is 3.88. The van der Waals surface area contributed by atoms with Crippen molar-refractivity contribution in [1.82, 2.24) is 0 Å². The van der Waals surface area contributed by atoms with Crippen molar-refractivity contribution in [2.45, 2.75) is 27.2 Å². The van der Waals surface area contributed by atoms with Crippen LogP contribution in [-0.4, -0.2) is 17.7 Å². The third kappa shape index (κ3) is 4.39. The number of halogens is 1. The van der Waals surface area contributed by atoms with Crippen LogP contribution in [0.25, 0.3) is 11.6 Å². The first-order valence-electron chi connectivity index (χ1n) is 7.87. The van der Waals surface area contributed by atoms with E-state index in [1.54, 1.807) is 24.3 Å². The van der Waals surface area contributed by atoms with Gasteiger partial charge in [-0.25, -0.2) is 4.79 Å². The van der Waals surface area contributed by atoms with Gasteiger partial charge in [-0.1, -0.05) is 42.3 Å². The molecular formula is C20H21ClO3. The van der Waals surface area contributed by atoms with Gasteiger partial charge in [0.15, 0.2) is 0 Å². The maximum Gasteiger partial charge on any atom is 0.336 e. The fourth-order valence-corrected chi connectivity index (χ4v) is 2.59. The summed E-state index contributed by atoms with van der Waals surface area (Å²) in [7, 11) is 0. The van der Waals surface area contributed by atoms with E-state index in [9.17, 15) is 9.90 Å². The zero-order valence-electron chi connectivity index (χ0n) is 14.1. The van der Waals surface area contributed by atoms with Crippen LogP contribution < -0.4 is 4.74 Å². The van der Waals surface area contributed by atoms with Crippen molar-refractivity contribution in [3.63, 3.8) is 0 Å². The fraction of sp³-hybridized carbons (Fsp3) is 0.250. The first-order chi connectivity index (χ1) is 11.4. The van der Waals surface area contributed by atoms with Crippen molar-refractivity contribution in [2.75, 3.05) is 6.61 Å². The molecule has 0 aliphatic rings. The molecule has 0 aromatic heterocycles. The van der Waals surface area contributed by atoms with Crippen molar-refractivity contribution in [3.8, 4) is 5.75 Å². The average molecular weight is 345 g/mol. The van der Waals surface area contributed by atoms with Crippen LogP contribution in [0.4, 0.5) is 0 Å². The van der Waals surface area contributed by atoms with Crippen LogP contribution in [0.15, 0.2) is 36.4 Å². The molecular weight excluding hydrogens is 324 g/mol. The van der Waals surface area contributed by atoms with E-state index in [4.69, 9.17) is 16.3 Å². The van der Waals surface area contributed by atoms with Gasteiger partial charge in [0.2, 0.25) is 0 Å². The molecule has 126 valence electrons. The molecule has 3 nitrogen and oxygen atoms in total. The van der Waals surface area contributed by atoms with Crippen molar-refractivity contribution < 1.29 is 14.6 Å². The number of benzene rings is 2. The Balaban J connectivity index is 2.58. The SMILES string of the molecule is CCCOc1ccc(Cl)cc1/C=C(\C(=O)O)c1cc(C)ccc1C. The van der Waals surface area contributed by atoms with Crippen LogP contribution in [0, 0.1) is 13.8 Å². The maximum absolute atomic E-state index is 11.8. The van der Waals surface area contributed by atoms with E-state index < -0.39 is 5.97 Å². The molecule has 0 fully saturated rings. The quantitative estimate of drug-likeness (QED) is 0.566. The molecule has 0 amide bonds. The van der Waals surface area contributed by atoms with Crippen LogP contribution in [0.3, 0.4) is 0 Å². The minimum atomic E-state index is -0.981. The van der Waals surface area contributed by atoms with Crippen LogP contribution in [0.1, 0.15) is 35.6 Å². The molecule has 0 aliphatic carbocycles. The molecule has 0 saturated carbocycles. The highest BCUT2D eigenvalue weighted by Gasteiger charge is 2.15. The molecule has 0 spiro atoms. The van der Waals surface area contributed by atoms with Crippen molar-refractivity contribution >= 4 is 29.2 Å². The second kappa shape index (κ2) is 8.02. The van der Waals surface area contributed by atoms with Crippen molar-refractivity contribution in [1.29, 1.82) is 0 Å². The second-order valence-electron chi connectivity index (χ2n) is 5.71. The summed E-state index contributed by atoms with van der Waals surface area (Å²) in [5, 5.41) is 10.2. The van der Waals surface area contributed by atoms with Gasteiger partial charge >= 0.3 is 5.97 Å². The molecule has 1 N–H and O–H groups in total. The molecule has 0 heterocycles. The van der Waals surface area contributed by atoms with E-state index in [0.29, 0.717) is 28.5 Å². The van der Waals surface area contributed by atoms with Gasteiger partial charge < -0.3 is 9.84 Å². The van der Waals surface area contributed by atoms with Gasteiger partial charge in [0.1, 0.15) is 5.75 Å². The Bertz CT molecular complexity index is 778. The molecule has 0 radical (unpaired) electrons. The number of carbonyl (C=O) groups is 1. The Labute approximate surface area is 147 Å². The van der Waals surface area contributed by atoms with Gasteiger partial charge in [0, 0.05) is 10.6 Å². The molecule has 2 aromatic carbocycles. The molecule has 0 saturated heterocycles. The van der Waals surface area contributed by atoms with Crippen LogP contribution in [0.5, 0.6) is 5.75 Å². The smallest absolute Gasteiger partial charge is 0.336 e. The van der Waals surface area contributed by atoms with Crippen molar-refractivity contribution in [3.05, 3.63) is 63.7 Å². The Morgan fingerprint density at radius 1 is 1.21 bits per heavy atom. The number of aliphatic carboxylic acids is 1. The Morgan fingerprint density at radius 2 is 1.96 bits per heavy atom. The van der Waals surface area contributed by atoms with Gasteiger partial charge in [-0.05, 0) is 55.7 Å². The maximum atomic E-state index is 11.8. The summed E-state index contributed by atoms with van der Waals surface area (Å²) < 4.78 is 5.72. The van der Waals surface area contributed by atoms with Crippen molar-refractivity contribution in [2.24, 2.45) is 0 Å². The summed E-state index contributed by atoms with van der Waals surface area (Å²) >= 11 is 6.08. The van der Waals surface area contributed by atoms with Gasteiger partial charge in [-0.15, -0.1) is 0 Å². The molecule has 24 heavy (non-hydrogen) atoms. The van der Waals surface area contributed by atoms with E-state index in [2.05, 4.69) is 0 Å². The van der Waals surface area contributed by atoms with E-state index in [1.165, 1.54) is 0 Å². The predicted octanol–water partition coefficient (Wildman–Crippen LogP) is 5.37. The molecule has 0 unspecified atom stereocenters. The van der Waals surface area contributed by atoms with Gasteiger partial charge in [-0.2, -0.15) is 0 Å². The van der Waals surface area contributed by atoms with Crippen LogP contribution in [-0.2, 0) is 4.79 Å². The minimum Gasteiger partial charge on any atom is -0.493 e. The zero-order valence-corrected chi connectivity index (χ0v) is 14.9. The Kier molecular flexibility index (Phi) is 6.04. The molecule has 2 aromatic rings. The average Bonchev–Trinajstić information content (AvgIpc) is 2.54. The predicted molar refractivity (Wildman–Crippen MR) is 98.7 cm³/mol. The van der Waals surface area contributed by atoms with E-state index in [-0.39, 0.29) is 5.57 Å². The largest absolute Gasteiger partial charge is 0.493 e. The second-order valence-corrected chi connectivity index (χ2v) is 6.15. The summed E-state index contributed by atoms with van der Waals surface area (Å²) in [6, 6.07) is 11.0. The summed E-state index contributed by atoms with van der Waals surface area (Å²) in [4.78, 5) is 11.8. The lowest BCUT2D eigenvalue weighted by atomic mass is 9.96. The zero-order chi connectivity index (χ0) is 17.7. The fourth-order valence-electron chi connectivity index (χ4n) is 2.41. The van der Waals surface area contributed by atoms with Gasteiger partial charge in [0.25, 0.3) is 0 Å². The number of carboxylic acids is 1. The minimum absolute atomic E-state index is 0.222. The van der Waals surface area contributed by atoms with E-state index in [0.717, 1.165) is 17.5 Å². The first kappa shape index (κ1) is 18.1. The van der Waals surface area contributed by atoms with Gasteiger partial charge in [-0.3, -0.25) is 0 Å². The first-order valence-corrected chi connectivity index (χ1v) is 8.25. The lowest BCUT2D eigenvalue weighted by Gasteiger charge is -2.12. The van der Waals surface area contributed by atoms with E-state index in [1.807, 2.05) is 39.0 Å². The number of ether oxygens (including phenoxy) is 1. The molecule has 2 rings (SSSR count). The highest BCUT2D eigenvalue weighted by molar-refractivity contribution is 6.31. The molecule has 4 heteroatoms. The monoisotopic (exact) mass is 344 g/mol. The summed E-state index contributed by atoms with van der Waals surface area (Å²) in [5.41, 5.74) is 3.50. The number of hydrogen-bond donors (Lipinski definition) is 1. The Morgan fingerprint density at radius 3 is 2.62 bits per heavy atom. The van der Waals surface area contributed by atoms with E-state index >= 15 is 0 Å². The highest BCUT2D eigenvalue weighted by atomic mass is 35.5. The Hall–Kier alpha value is -2.26. The summed E-state index contributed by atoms with van der Waals surface area (Å²) in [6.45, 7) is 6.42. The highest BCUT2D eigenvalue weighted by Crippen LogP contribution is 2.29. The summed E-state index contributed by atoms with van der Waals surface area (Å²) in [5.74, 6) is -0.351. The van der Waals surface area contributed by atoms with Crippen LogP contribution >= 0.6 is 11.6 Å². The lowest BCUT2D eigenvalue weighted by molar-refractivity contribution is -0.130. The summed E-state index contributed by atoms with van der Waals surface area (Å²) in [6.07, 6.45) is 2.50. The lowest BCUT2D eigenvalue weighted by Crippen LogP contribution is -2.03. The standard InChI is InChI=1S/C20H21ClO3/c1-4-9-24-19-8-7-16(21)11-15(19)12-18(20(22)23)17-10-13(2)5-6-14(17)3/h5-8,10-12H,4,9H2,1-3H3,(H,22,23)/b18-12-. The topological polar surface area (TPSA) is 46.5 Å². The normalized spacial score (nSPS) is 11.4. The number of rotatable bonds is 6. The third-order valence-electron chi connectivity index (χ3n) is 3.65.